The number of rotatable bonds is 22. The molecule has 31 heavy (non-hydrogen) atoms. The molecule has 0 aromatic heterocycles. The number of hydrogen-bond acceptors (Lipinski definition) is 0. The van der Waals surface area contributed by atoms with Crippen LogP contribution >= 0.6 is 0 Å². The monoisotopic (exact) mass is 443 g/mol. The van der Waals surface area contributed by atoms with E-state index in [2.05, 4.69) is 56.1 Å². The lowest BCUT2D eigenvalue weighted by Gasteiger charge is -2.36. The molecule has 3 nitrogen and oxygen atoms in total. The van der Waals surface area contributed by atoms with Gasteiger partial charge in [-0.2, -0.15) is 0 Å². The standard InChI is InChI=1S/C28H64N3/c1-9-11-12-13-14-15-16-17-18-20-25-30(5,6)27-28-31(7,8)26-22-19-21-24-29(3,4)23-10-2/h9-28H2,1-8H3/q+3. The average Bonchev–Trinajstić information content (AvgIpc) is 2.67. The minimum Gasteiger partial charge on any atom is -0.328 e. The van der Waals surface area contributed by atoms with Gasteiger partial charge in [-0.25, -0.2) is 0 Å². The second-order valence-corrected chi connectivity index (χ2v) is 12.4. The smallest absolute Gasteiger partial charge is 0.128 e. The molecule has 0 amide bonds. The molecule has 0 atom stereocenters. The first-order chi connectivity index (χ1) is 14.5. The maximum atomic E-state index is 2.45. The van der Waals surface area contributed by atoms with Gasteiger partial charge in [-0.1, -0.05) is 65.2 Å². The number of nitrogens with zero attached hydrogens (tertiary/aromatic N) is 3. The van der Waals surface area contributed by atoms with Crippen LogP contribution in [0.5, 0.6) is 0 Å². The van der Waals surface area contributed by atoms with Gasteiger partial charge in [0.1, 0.15) is 13.1 Å². The van der Waals surface area contributed by atoms with Crippen LogP contribution in [0.3, 0.4) is 0 Å². The van der Waals surface area contributed by atoms with E-state index in [1.165, 1.54) is 143 Å². The van der Waals surface area contributed by atoms with E-state index in [-0.39, 0.29) is 0 Å². The fourth-order valence-electron chi connectivity index (χ4n) is 4.77. The second kappa shape index (κ2) is 17.4. The van der Waals surface area contributed by atoms with Crippen molar-refractivity contribution in [3.05, 3.63) is 0 Å². The second-order valence-electron chi connectivity index (χ2n) is 12.4. The third-order valence-corrected chi connectivity index (χ3v) is 7.28. The van der Waals surface area contributed by atoms with E-state index in [1.807, 2.05) is 0 Å². The van der Waals surface area contributed by atoms with Crippen molar-refractivity contribution in [3.63, 3.8) is 0 Å². The highest BCUT2D eigenvalue weighted by Crippen LogP contribution is 2.13. The molecular formula is C28H64N3+3. The molecule has 0 aliphatic carbocycles. The summed E-state index contributed by atoms with van der Waals surface area (Å²) in [6, 6.07) is 0. The van der Waals surface area contributed by atoms with Crippen LogP contribution in [0.4, 0.5) is 0 Å². The molecule has 0 N–H and O–H groups in total. The minimum atomic E-state index is 1.19. The van der Waals surface area contributed by atoms with E-state index in [0.717, 1.165) is 0 Å². The van der Waals surface area contributed by atoms with Crippen LogP contribution in [0.25, 0.3) is 0 Å². The van der Waals surface area contributed by atoms with Crippen LogP contribution < -0.4 is 0 Å². The van der Waals surface area contributed by atoms with Crippen molar-refractivity contribution in [1.82, 2.24) is 0 Å². The van der Waals surface area contributed by atoms with Crippen molar-refractivity contribution in [1.29, 1.82) is 0 Å². The molecule has 0 radical (unpaired) electrons. The van der Waals surface area contributed by atoms with Crippen LogP contribution in [-0.2, 0) is 0 Å². The number of quaternary nitrogens is 3. The van der Waals surface area contributed by atoms with Gasteiger partial charge in [0.15, 0.2) is 0 Å². The van der Waals surface area contributed by atoms with Crippen molar-refractivity contribution in [2.75, 3.05) is 81.6 Å². The molecule has 0 fully saturated rings. The molecule has 3 heteroatoms. The lowest BCUT2D eigenvalue weighted by atomic mass is 10.1. The number of hydrogen-bond donors (Lipinski definition) is 0. The number of unbranched alkanes of at least 4 members (excludes halogenated alkanes) is 11. The summed E-state index contributed by atoms with van der Waals surface area (Å²) in [5.74, 6) is 0. The molecule has 0 aliphatic rings. The van der Waals surface area contributed by atoms with Crippen molar-refractivity contribution in [2.24, 2.45) is 0 Å². The van der Waals surface area contributed by atoms with Gasteiger partial charge in [-0.3, -0.25) is 0 Å². The summed E-state index contributed by atoms with van der Waals surface area (Å²) in [4.78, 5) is 0. The van der Waals surface area contributed by atoms with Gasteiger partial charge in [-0.05, 0) is 38.5 Å². The van der Waals surface area contributed by atoms with Crippen molar-refractivity contribution >= 4 is 0 Å². The fourth-order valence-corrected chi connectivity index (χ4v) is 4.77. The van der Waals surface area contributed by atoms with Crippen LogP contribution in [0, 0.1) is 0 Å². The molecule has 0 bridgehead atoms. The highest BCUT2D eigenvalue weighted by atomic mass is 15.4. The third-order valence-electron chi connectivity index (χ3n) is 7.28. The summed E-state index contributed by atoms with van der Waals surface area (Å²) in [5, 5.41) is 0. The van der Waals surface area contributed by atoms with Gasteiger partial charge in [0.25, 0.3) is 0 Å². The molecular weight excluding hydrogens is 378 g/mol. The van der Waals surface area contributed by atoms with E-state index in [0.29, 0.717) is 0 Å². The zero-order valence-electron chi connectivity index (χ0n) is 23.5. The molecule has 0 unspecified atom stereocenters. The van der Waals surface area contributed by atoms with Crippen LogP contribution in [-0.4, -0.2) is 95.0 Å². The summed E-state index contributed by atoms with van der Waals surface area (Å²) < 4.78 is 3.58. The maximum absolute atomic E-state index is 2.45. The summed E-state index contributed by atoms with van der Waals surface area (Å²) in [7, 11) is 14.6. The molecule has 0 aromatic carbocycles. The Balaban J connectivity index is 3.79. The Labute approximate surface area is 199 Å². The first kappa shape index (κ1) is 30.9. The molecule has 0 saturated carbocycles. The summed E-state index contributed by atoms with van der Waals surface area (Å²) in [6.07, 6.45) is 19.8. The Bertz CT molecular complexity index is 401. The quantitative estimate of drug-likeness (QED) is 0.129. The molecule has 0 spiro atoms. The zero-order valence-corrected chi connectivity index (χ0v) is 23.5. The van der Waals surface area contributed by atoms with Crippen molar-refractivity contribution < 1.29 is 13.4 Å². The van der Waals surface area contributed by atoms with Gasteiger partial charge >= 0.3 is 0 Å². The van der Waals surface area contributed by atoms with E-state index >= 15 is 0 Å². The largest absolute Gasteiger partial charge is 0.328 e. The third kappa shape index (κ3) is 20.2. The van der Waals surface area contributed by atoms with Gasteiger partial charge < -0.3 is 13.4 Å². The lowest BCUT2D eigenvalue weighted by Crippen LogP contribution is -2.51. The Kier molecular flexibility index (Phi) is 17.3. The molecule has 0 heterocycles. The Morgan fingerprint density at radius 1 is 0.290 bits per heavy atom. The Morgan fingerprint density at radius 2 is 0.581 bits per heavy atom. The van der Waals surface area contributed by atoms with Gasteiger partial charge in [0.2, 0.25) is 0 Å². The van der Waals surface area contributed by atoms with E-state index in [9.17, 15) is 0 Å². The highest BCUT2D eigenvalue weighted by Gasteiger charge is 2.22. The van der Waals surface area contributed by atoms with E-state index < -0.39 is 0 Å². The van der Waals surface area contributed by atoms with Crippen LogP contribution in [0.2, 0.25) is 0 Å². The topological polar surface area (TPSA) is 0 Å². The first-order valence-corrected chi connectivity index (χ1v) is 14.0. The lowest BCUT2D eigenvalue weighted by molar-refractivity contribution is -0.946. The van der Waals surface area contributed by atoms with Gasteiger partial charge in [0, 0.05) is 0 Å². The molecule has 0 aliphatic heterocycles. The molecule has 188 valence electrons. The van der Waals surface area contributed by atoms with Crippen molar-refractivity contribution in [3.8, 4) is 0 Å². The van der Waals surface area contributed by atoms with Gasteiger partial charge in [-0.15, -0.1) is 0 Å². The van der Waals surface area contributed by atoms with Crippen LogP contribution in [0.15, 0.2) is 0 Å². The predicted molar refractivity (Wildman–Crippen MR) is 142 cm³/mol. The SMILES string of the molecule is CCCCCCCCCCCC[N+](C)(C)CC[N+](C)(C)CCCCC[N+](C)(C)CCC. The van der Waals surface area contributed by atoms with Gasteiger partial charge in [0.05, 0.1) is 68.5 Å². The van der Waals surface area contributed by atoms with Crippen molar-refractivity contribution in [2.45, 2.75) is 104 Å². The Hall–Kier alpha value is -0.120. The Morgan fingerprint density at radius 3 is 0.935 bits per heavy atom. The zero-order chi connectivity index (χ0) is 23.6. The summed E-state index contributed by atoms with van der Waals surface area (Å²) in [5.41, 5.74) is 0. The molecule has 0 aromatic rings. The highest BCUT2D eigenvalue weighted by molar-refractivity contribution is 4.48. The molecule has 0 rings (SSSR count). The molecule has 0 saturated heterocycles. The van der Waals surface area contributed by atoms with Crippen LogP contribution in [0.1, 0.15) is 104 Å². The maximum Gasteiger partial charge on any atom is 0.128 e. The average molecular weight is 443 g/mol. The van der Waals surface area contributed by atoms with E-state index in [1.54, 1.807) is 0 Å². The number of likely N-dealkylation sites (N-methyl/N-ethyl adjacent to an activating group) is 2. The normalized spacial score (nSPS) is 13.2. The summed E-state index contributed by atoms with van der Waals surface area (Å²) in [6.45, 7) is 12.6. The predicted octanol–water partition coefficient (Wildman–Crippen LogP) is 6.72. The first-order valence-electron chi connectivity index (χ1n) is 14.0. The summed E-state index contributed by atoms with van der Waals surface area (Å²) >= 11 is 0. The minimum absolute atomic E-state index is 1.19. The fraction of sp³-hybridized carbons (Fsp3) is 1.00. The van der Waals surface area contributed by atoms with E-state index in [4.69, 9.17) is 0 Å².